The Balaban J connectivity index is 1.74. The third-order valence-corrected chi connectivity index (χ3v) is 8.34. The van der Waals surface area contributed by atoms with Gasteiger partial charge in [-0.15, -0.1) is 0 Å². The number of aliphatic hydroxyl groups is 2. The minimum absolute atomic E-state index is 0.0501. The van der Waals surface area contributed by atoms with Crippen molar-refractivity contribution in [3.05, 3.63) is 23.8 Å². The van der Waals surface area contributed by atoms with Crippen molar-refractivity contribution >= 4 is 11.6 Å². The van der Waals surface area contributed by atoms with Crippen LogP contribution in [0.5, 0.6) is 0 Å². The zero-order chi connectivity index (χ0) is 18.9. The van der Waals surface area contributed by atoms with Gasteiger partial charge < -0.3 is 10.2 Å². The molecule has 4 heteroatoms. The van der Waals surface area contributed by atoms with E-state index in [1.54, 1.807) is 12.2 Å². The van der Waals surface area contributed by atoms with Crippen LogP contribution < -0.4 is 0 Å². The summed E-state index contributed by atoms with van der Waals surface area (Å²) in [6.07, 6.45) is 8.39. The van der Waals surface area contributed by atoms with E-state index < -0.39 is 12.7 Å². The molecule has 0 aromatic carbocycles. The van der Waals surface area contributed by atoms with Gasteiger partial charge in [0.15, 0.2) is 11.6 Å². The number of rotatable bonds is 2. The lowest BCUT2D eigenvalue weighted by Crippen LogP contribution is -2.56. The average molecular weight is 358 g/mol. The second kappa shape index (κ2) is 5.87. The number of carbonyl (C=O) groups excluding carboxylic acids is 2. The molecule has 26 heavy (non-hydrogen) atoms. The van der Waals surface area contributed by atoms with E-state index in [4.69, 9.17) is 0 Å². The topological polar surface area (TPSA) is 74.6 Å². The van der Waals surface area contributed by atoms with Gasteiger partial charge in [0.25, 0.3) is 0 Å². The molecule has 0 spiro atoms. The highest BCUT2D eigenvalue weighted by Gasteiger charge is 2.64. The maximum atomic E-state index is 12.5. The van der Waals surface area contributed by atoms with Crippen LogP contribution in [0.15, 0.2) is 23.8 Å². The maximum Gasteiger partial charge on any atom is 0.178 e. The first-order valence-corrected chi connectivity index (χ1v) is 9.98. The van der Waals surface area contributed by atoms with Crippen LogP contribution in [0.25, 0.3) is 0 Å². The Morgan fingerprint density at radius 2 is 2.08 bits per heavy atom. The number of fused-ring (bicyclic) bond motifs is 5. The quantitative estimate of drug-likeness (QED) is 0.796. The molecule has 4 rings (SSSR count). The van der Waals surface area contributed by atoms with Crippen LogP contribution in [-0.4, -0.2) is 34.5 Å². The number of aliphatic hydroxyl groups excluding tert-OH is 2. The molecule has 6 unspecified atom stereocenters. The number of hydrogen-bond acceptors (Lipinski definition) is 4. The van der Waals surface area contributed by atoms with E-state index in [2.05, 4.69) is 20.8 Å². The Hall–Kier alpha value is -1.26. The second-order valence-corrected chi connectivity index (χ2v) is 9.62. The van der Waals surface area contributed by atoms with Crippen LogP contribution in [0, 0.1) is 40.4 Å². The smallest absolute Gasteiger partial charge is 0.178 e. The van der Waals surface area contributed by atoms with Gasteiger partial charge >= 0.3 is 0 Å². The molecule has 0 saturated heterocycles. The van der Waals surface area contributed by atoms with Crippen LogP contribution in [0.3, 0.4) is 0 Å². The van der Waals surface area contributed by atoms with Gasteiger partial charge in [-0.3, -0.25) is 9.59 Å². The van der Waals surface area contributed by atoms with Crippen molar-refractivity contribution in [2.24, 2.45) is 40.4 Å². The standard InChI is InChI=1S/C22H30O4/c1-12-8-16-15-5-4-13-9-14(24)6-7-21(13,2)20(15)17(25)10-22(16,3)19(12)18(26)11-23/h6-7,9,12,15-17,19-20,23,25H,4-5,8,10-11H2,1-3H3/t12?,15?,16?,17?,19?,20?,21-,22-/m0/s1. The fraction of sp³-hybridized carbons (Fsp3) is 0.727. The number of ketones is 2. The molecule has 4 aliphatic rings. The van der Waals surface area contributed by atoms with Gasteiger partial charge in [-0.1, -0.05) is 32.4 Å². The van der Waals surface area contributed by atoms with E-state index >= 15 is 0 Å². The van der Waals surface area contributed by atoms with Gasteiger partial charge in [0.2, 0.25) is 0 Å². The first kappa shape index (κ1) is 18.1. The third-order valence-electron chi connectivity index (χ3n) is 8.34. The first-order valence-electron chi connectivity index (χ1n) is 9.98. The van der Waals surface area contributed by atoms with Crippen molar-refractivity contribution in [2.75, 3.05) is 6.61 Å². The van der Waals surface area contributed by atoms with Crippen LogP contribution >= 0.6 is 0 Å². The van der Waals surface area contributed by atoms with Crippen molar-refractivity contribution in [1.82, 2.24) is 0 Å². The van der Waals surface area contributed by atoms with Crippen LogP contribution in [0.2, 0.25) is 0 Å². The van der Waals surface area contributed by atoms with Gasteiger partial charge in [0.1, 0.15) is 6.61 Å². The molecule has 0 heterocycles. The van der Waals surface area contributed by atoms with Gasteiger partial charge in [-0.2, -0.15) is 0 Å². The Bertz CT molecular complexity index is 707. The molecule has 0 aliphatic heterocycles. The SMILES string of the molecule is CC1CC2C3CCC4=CC(=O)C=C[C@]4(C)C3C(O)C[C@]2(C)C1C(=O)CO. The van der Waals surface area contributed by atoms with Gasteiger partial charge in [0.05, 0.1) is 6.10 Å². The fourth-order valence-electron chi connectivity index (χ4n) is 7.48. The van der Waals surface area contributed by atoms with E-state index in [0.29, 0.717) is 18.3 Å². The summed E-state index contributed by atoms with van der Waals surface area (Å²) in [6.45, 7) is 6.04. The molecule has 0 aromatic rings. The predicted octanol–water partition coefficient (Wildman–Crippen LogP) is 2.69. The number of carbonyl (C=O) groups is 2. The van der Waals surface area contributed by atoms with E-state index in [9.17, 15) is 19.8 Å². The van der Waals surface area contributed by atoms with Crippen molar-refractivity contribution in [1.29, 1.82) is 0 Å². The minimum Gasteiger partial charge on any atom is -0.393 e. The Kier molecular flexibility index (Phi) is 4.09. The highest BCUT2D eigenvalue weighted by atomic mass is 16.3. The average Bonchev–Trinajstić information content (AvgIpc) is 2.84. The highest BCUT2D eigenvalue weighted by Crippen LogP contribution is 2.67. The highest BCUT2D eigenvalue weighted by molar-refractivity contribution is 6.01. The van der Waals surface area contributed by atoms with Crippen molar-refractivity contribution in [3.63, 3.8) is 0 Å². The number of allylic oxidation sites excluding steroid dienone is 4. The van der Waals surface area contributed by atoms with Crippen molar-refractivity contribution in [2.45, 2.75) is 52.6 Å². The van der Waals surface area contributed by atoms with Crippen molar-refractivity contribution < 1.29 is 19.8 Å². The van der Waals surface area contributed by atoms with Crippen molar-refractivity contribution in [3.8, 4) is 0 Å². The van der Waals surface area contributed by atoms with E-state index in [0.717, 1.165) is 24.8 Å². The lowest BCUT2D eigenvalue weighted by molar-refractivity contribution is -0.142. The summed E-state index contributed by atoms with van der Waals surface area (Å²) in [5.41, 5.74) is 0.647. The minimum atomic E-state index is -0.493. The van der Waals surface area contributed by atoms with Crippen LogP contribution in [0.4, 0.5) is 0 Å². The second-order valence-electron chi connectivity index (χ2n) is 9.62. The summed E-state index contributed by atoms with van der Waals surface area (Å²) in [5.74, 6) is 0.886. The first-order chi connectivity index (χ1) is 12.2. The number of Topliss-reactive ketones (excluding diaryl/α,β-unsaturated/α-hetero) is 1. The zero-order valence-electron chi connectivity index (χ0n) is 15.9. The van der Waals surface area contributed by atoms with E-state index in [1.165, 1.54) is 0 Å². The predicted molar refractivity (Wildman–Crippen MR) is 98.1 cm³/mol. The number of hydrogen-bond donors (Lipinski definition) is 2. The largest absolute Gasteiger partial charge is 0.393 e. The molecule has 8 atom stereocenters. The normalized spacial score (nSPS) is 49.9. The lowest BCUT2D eigenvalue weighted by atomic mass is 9.46. The van der Waals surface area contributed by atoms with Crippen LogP contribution in [0.1, 0.15) is 46.5 Å². The molecule has 3 fully saturated rings. The summed E-state index contributed by atoms with van der Waals surface area (Å²) in [5, 5.41) is 20.7. The molecule has 4 nitrogen and oxygen atoms in total. The van der Waals surface area contributed by atoms with Gasteiger partial charge in [-0.05, 0) is 61.0 Å². The Morgan fingerprint density at radius 3 is 2.77 bits per heavy atom. The van der Waals surface area contributed by atoms with E-state index in [-0.39, 0.29) is 40.2 Å². The Morgan fingerprint density at radius 1 is 1.35 bits per heavy atom. The summed E-state index contributed by atoms with van der Waals surface area (Å²) in [7, 11) is 0. The van der Waals surface area contributed by atoms with Crippen LogP contribution in [-0.2, 0) is 9.59 Å². The maximum absolute atomic E-state index is 12.5. The summed E-state index contributed by atoms with van der Waals surface area (Å²) < 4.78 is 0. The molecule has 3 saturated carbocycles. The molecule has 0 amide bonds. The van der Waals surface area contributed by atoms with Gasteiger partial charge in [0, 0.05) is 17.3 Å². The van der Waals surface area contributed by atoms with Gasteiger partial charge in [-0.25, -0.2) is 0 Å². The Labute approximate surface area is 155 Å². The molecular formula is C22H30O4. The molecule has 0 bridgehead atoms. The molecular weight excluding hydrogens is 328 g/mol. The zero-order valence-corrected chi connectivity index (χ0v) is 15.9. The summed E-state index contributed by atoms with van der Waals surface area (Å²) >= 11 is 0. The van der Waals surface area contributed by atoms with E-state index in [1.807, 2.05) is 6.08 Å². The molecule has 142 valence electrons. The fourth-order valence-corrected chi connectivity index (χ4v) is 7.48. The molecule has 4 aliphatic carbocycles. The molecule has 0 aromatic heterocycles. The summed E-state index contributed by atoms with van der Waals surface area (Å²) in [6, 6.07) is 0. The molecule has 2 N–H and O–H groups in total. The third kappa shape index (κ3) is 2.27. The monoisotopic (exact) mass is 358 g/mol. The summed E-state index contributed by atoms with van der Waals surface area (Å²) in [4.78, 5) is 24.3. The lowest BCUT2D eigenvalue weighted by Gasteiger charge is -2.58. The molecule has 0 radical (unpaired) electrons.